The van der Waals surface area contributed by atoms with Crippen molar-refractivity contribution < 1.29 is 9.53 Å². The van der Waals surface area contributed by atoms with Crippen molar-refractivity contribution in [1.29, 1.82) is 5.26 Å². The van der Waals surface area contributed by atoms with Gasteiger partial charge in [0.25, 0.3) is 0 Å². The van der Waals surface area contributed by atoms with Gasteiger partial charge in [0, 0.05) is 53.8 Å². The Morgan fingerprint density at radius 3 is 2.62 bits per heavy atom. The van der Waals surface area contributed by atoms with E-state index in [9.17, 15) is 10.1 Å². The molecule has 4 heterocycles. The van der Waals surface area contributed by atoms with Gasteiger partial charge in [-0.25, -0.2) is 9.78 Å². The van der Waals surface area contributed by atoms with Crippen molar-refractivity contribution in [2.24, 2.45) is 0 Å². The number of nitrogens with one attached hydrogen (secondary N) is 1. The van der Waals surface area contributed by atoms with E-state index in [-0.39, 0.29) is 12.1 Å². The summed E-state index contributed by atoms with van der Waals surface area (Å²) in [4.78, 5) is 22.0. The summed E-state index contributed by atoms with van der Waals surface area (Å²) in [6.07, 6.45) is 10.9. The minimum atomic E-state index is -0.493. The molecule has 0 saturated carbocycles. The van der Waals surface area contributed by atoms with Crippen LogP contribution in [0.5, 0.6) is 0 Å². The maximum absolute atomic E-state index is 12.4. The summed E-state index contributed by atoms with van der Waals surface area (Å²) in [7, 11) is 0. The van der Waals surface area contributed by atoms with Gasteiger partial charge in [-0.15, -0.1) is 0 Å². The van der Waals surface area contributed by atoms with Crippen LogP contribution in [0.25, 0.3) is 33.8 Å². The second-order valence-electron chi connectivity index (χ2n) is 10.3. The molecule has 0 radical (unpaired) electrons. The Morgan fingerprint density at radius 2 is 1.92 bits per heavy atom. The predicted molar refractivity (Wildman–Crippen MR) is 143 cm³/mol. The van der Waals surface area contributed by atoms with Gasteiger partial charge in [-0.2, -0.15) is 10.4 Å². The molecule has 1 aliphatic heterocycles. The number of aromatic amines is 1. The highest BCUT2D eigenvalue weighted by atomic mass is 16.6. The maximum atomic E-state index is 12.4. The highest BCUT2D eigenvalue weighted by Crippen LogP contribution is 2.29. The van der Waals surface area contributed by atoms with Gasteiger partial charge in [0.05, 0.1) is 23.9 Å². The van der Waals surface area contributed by atoms with Crippen molar-refractivity contribution in [1.82, 2.24) is 24.6 Å². The summed E-state index contributed by atoms with van der Waals surface area (Å²) in [6, 6.07) is 14.3. The fraction of sp³-hybridized carbons (Fsp3) is 0.310. The zero-order valence-electron chi connectivity index (χ0n) is 21.3. The van der Waals surface area contributed by atoms with Crippen molar-refractivity contribution in [3.8, 4) is 17.2 Å². The zero-order chi connectivity index (χ0) is 26.0. The minimum absolute atomic E-state index is 0.221. The number of carbonyl (C=O) groups excluding carboxylic acids is 1. The number of rotatable bonds is 4. The number of nitriles is 1. The van der Waals surface area contributed by atoms with Gasteiger partial charge in [0.15, 0.2) is 0 Å². The second-order valence-corrected chi connectivity index (χ2v) is 10.3. The van der Waals surface area contributed by atoms with Gasteiger partial charge in [-0.05, 0) is 51.3 Å². The van der Waals surface area contributed by atoms with E-state index < -0.39 is 5.60 Å². The Bertz CT molecular complexity index is 1480. The van der Waals surface area contributed by atoms with Crippen molar-refractivity contribution >= 4 is 28.8 Å². The Morgan fingerprint density at radius 1 is 1.16 bits per heavy atom. The lowest BCUT2D eigenvalue weighted by Crippen LogP contribution is -2.42. The largest absolute Gasteiger partial charge is 0.444 e. The number of carbonyl (C=O) groups is 1. The molecule has 0 bridgehead atoms. The third kappa shape index (κ3) is 5.41. The second kappa shape index (κ2) is 9.94. The smallest absolute Gasteiger partial charge is 0.410 e. The van der Waals surface area contributed by atoms with E-state index in [1.807, 2.05) is 86.6 Å². The molecule has 1 amide bonds. The first-order chi connectivity index (χ1) is 17.8. The fourth-order valence-electron chi connectivity index (χ4n) is 4.58. The molecule has 3 aromatic heterocycles. The normalized spacial score (nSPS) is 15.1. The summed E-state index contributed by atoms with van der Waals surface area (Å²) < 4.78 is 7.50. The highest BCUT2D eigenvalue weighted by molar-refractivity contribution is 5.97. The third-order valence-corrected chi connectivity index (χ3v) is 6.49. The Balaban J connectivity index is 1.33. The van der Waals surface area contributed by atoms with E-state index in [4.69, 9.17) is 4.74 Å². The molecule has 37 heavy (non-hydrogen) atoms. The van der Waals surface area contributed by atoms with E-state index >= 15 is 0 Å². The molecule has 4 aromatic rings. The molecule has 5 rings (SSSR count). The number of ether oxygens (including phenoxy) is 1. The number of aromatic nitrogens is 4. The van der Waals surface area contributed by atoms with Crippen molar-refractivity contribution in [3.05, 3.63) is 72.3 Å². The van der Waals surface area contributed by atoms with Crippen LogP contribution in [0.2, 0.25) is 0 Å². The number of H-pyrrole nitrogens is 1. The van der Waals surface area contributed by atoms with Crippen LogP contribution in [-0.2, 0) is 4.74 Å². The summed E-state index contributed by atoms with van der Waals surface area (Å²) in [5.41, 5.74) is 4.59. The van der Waals surface area contributed by atoms with Crippen molar-refractivity contribution in [2.75, 3.05) is 13.1 Å². The minimum Gasteiger partial charge on any atom is -0.444 e. The molecule has 1 aromatic carbocycles. The van der Waals surface area contributed by atoms with Gasteiger partial charge in [0.2, 0.25) is 0 Å². The topological polar surface area (TPSA) is 99.8 Å². The number of nitrogens with zero attached hydrogens (tertiary/aromatic N) is 5. The van der Waals surface area contributed by atoms with Gasteiger partial charge < -0.3 is 14.6 Å². The fourth-order valence-corrected chi connectivity index (χ4v) is 4.58. The van der Waals surface area contributed by atoms with Crippen LogP contribution in [-0.4, -0.2) is 49.4 Å². The first-order valence-electron chi connectivity index (χ1n) is 12.5. The summed E-state index contributed by atoms with van der Waals surface area (Å²) >= 11 is 0. The average molecular weight is 495 g/mol. The number of allylic oxidation sites excluding steroid dienone is 1. The monoisotopic (exact) mass is 494 g/mol. The van der Waals surface area contributed by atoms with Gasteiger partial charge in [-0.3, -0.25) is 4.68 Å². The quantitative estimate of drug-likeness (QED) is 0.348. The highest BCUT2D eigenvalue weighted by Gasteiger charge is 2.28. The molecule has 0 spiro atoms. The molecule has 1 saturated heterocycles. The molecule has 1 fully saturated rings. The molecule has 0 unspecified atom stereocenters. The first-order valence-corrected chi connectivity index (χ1v) is 12.5. The van der Waals surface area contributed by atoms with E-state index in [1.165, 1.54) is 0 Å². The molecular formula is C29H30N6O2. The lowest BCUT2D eigenvalue weighted by atomic mass is 10.0. The number of amides is 1. The predicted octanol–water partition coefficient (Wildman–Crippen LogP) is 6.06. The molecule has 188 valence electrons. The summed E-state index contributed by atoms with van der Waals surface area (Å²) in [5.74, 6) is 0. The average Bonchev–Trinajstić information content (AvgIpc) is 3.54. The Kier molecular flexibility index (Phi) is 6.53. The van der Waals surface area contributed by atoms with Crippen LogP contribution in [0.15, 0.2) is 61.2 Å². The van der Waals surface area contributed by atoms with E-state index in [2.05, 4.69) is 27.2 Å². The van der Waals surface area contributed by atoms with Gasteiger partial charge in [-0.1, -0.05) is 30.3 Å². The molecule has 0 atom stereocenters. The van der Waals surface area contributed by atoms with E-state index in [0.717, 1.165) is 46.1 Å². The maximum Gasteiger partial charge on any atom is 0.410 e. The number of benzene rings is 1. The van der Waals surface area contributed by atoms with Crippen LogP contribution in [0, 0.1) is 11.3 Å². The number of likely N-dealkylation sites (tertiary alicyclic amines) is 1. The molecular weight excluding hydrogens is 464 g/mol. The Hall–Kier alpha value is -4.38. The third-order valence-electron chi connectivity index (χ3n) is 6.49. The zero-order valence-corrected chi connectivity index (χ0v) is 21.3. The summed E-state index contributed by atoms with van der Waals surface area (Å²) in [6.45, 7) is 6.93. The summed E-state index contributed by atoms with van der Waals surface area (Å²) in [5, 5.41) is 15.3. The van der Waals surface area contributed by atoms with Crippen molar-refractivity contribution in [3.63, 3.8) is 0 Å². The van der Waals surface area contributed by atoms with Crippen LogP contribution in [0.4, 0.5) is 4.79 Å². The van der Waals surface area contributed by atoms with Crippen LogP contribution in [0.1, 0.15) is 50.8 Å². The number of hydrogen-bond acceptors (Lipinski definition) is 5. The lowest BCUT2D eigenvalue weighted by molar-refractivity contribution is 0.0185. The molecule has 1 N–H and O–H groups in total. The van der Waals surface area contributed by atoms with E-state index in [1.54, 1.807) is 4.90 Å². The number of pyridine rings is 1. The van der Waals surface area contributed by atoms with Crippen molar-refractivity contribution in [2.45, 2.75) is 45.3 Å². The number of hydrogen-bond donors (Lipinski definition) is 1. The van der Waals surface area contributed by atoms with Gasteiger partial charge in [0.1, 0.15) is 11.2 Å². The molecule has 8 nitrogen and oxygen atoms in total. The number of fused-ring (bicyclic) bond motifs is 1. The molecule has 8 heteroatoms. The number of piperidine rings is 1. The molecule has 0 aliphatic carbocycles. The van der Waals surface area contributed by atoms with Crippen LogP contribution in [0.3, 0.4) is 0 Å². The Labute approximate surface area is 216 Å². The van der Waals surface area contributed by atoms with E-state index in [0.29, 0.717) is 18.7 Å². The first kappa shape index (κ1) is 24.3. The van der Waals surface area contributed by atoms with Crippen LogP contribution < -0.4 is 0 Å². The molecule has 1 aliphatic rings. The van der Waals surface area contributed by atoms with Crippen LogP contribution >= 0.6 is 0 Å². The standard InChI is InChI=1S/C29H30N6O2/c1-29(2,3)37-28(36)34-11-9-25(10-12-34)35-19-24(18-33-35)22-14-26-23(17-32-27(26)31-16-22)13-21(15-30)20-7-5-4-6-8-20/h4-8,13-14,16-19,25H,9-12H2,1-3H3,(H,31,32). The van der Waals surface area contributed by atoms with Gasteiger partial charge >= 0.3 is 6.09 Å². The SMILES string of the molecule is CC(C)(C)OC(=O)N1CCC(n2cc(-c3cnc4[nH]cc(C=C(C#N)c5ccccc5)c4c3)cn2)CC1. The lowest BCUT2D eigenvalue weighted by Gasteiger charge is -2.33.